The predicted octanol–water partition coefficient (Wildman–Crippen LogP) is 5.83. The highest BCUT2D eigenvalue weighted by atomic mass is 35.5. The standard InChI is InChI=1S/C28H29ClN2O3S/c1-18-6-9-25(19(2)14-18)34-17-24-23-11-13-35-26(23)10-12-30(24)27(32)16-31(22-7-8-22)28(33)20-4-3-5-21(29)15-20/h3-6,9,11,13-15,22,24H,7-8,10,12,16-17H2,1-2H3. The highest BCUT2D eigenvalue weighted by Crippen LogP contribution is 2.35. The molecule has 1 aromatic heterocycles. The number of aryl methyl sites for hydroxylation is 2. The van der Waals surface area contributed by atoms with E-state index in [1.807, 2.05) is 24.0 Å². The summed E-state index contributed by atoms with van der Waals surface area (Å²) in [6.45, 7) is 5.17. The minimum absolute atomic E-state index is 0.0432. The summed E-state index contributed by atoms with van der Waals surface area (Å²) in [4.78, 5) is 31.9. The lowest BCUT2D eigenvalue weighted by molar-refractivity contribution is -0.135. The summed E-state index contributed by atoms with van der Waals surface area (Å²) in [6.07, 6.45) is 2.67. The van der Waals surface area contributed by atoms with E-state index in [1.54, 1.807) is 40.5 Å². The number of halogens is 1. The van der Waals surface area contributed by atoms with Crippen molar-refractivity contribution in [3.8, 4) is 5.75 Å². The van der Waals surface area contributed by atoms with Crippen molar-refractivity contribution in [3.05, 3.63) is 86.1 Å². The first-order chi connectivity index (χ1) is 16.9. The molecule has 0 bridgehead atoms. The van der Waals surface area contributed by atoms with Crippen LogP contribution in [0.1, 0.15) is 50.8 Å². The van der Waals surface area contributed by atoms with E-state index in [2.05, 4.69) is 24.4 Å². The smallest absolute Gasteiger partial charge is 0.254 e. The van der Waals surface area contributed by atoms with E-state index in [4.69, 9.17) is 16.3 Å². The Kier molecular flexibility index (Phi) is 6.85. The Bertz CT molecular complexity index is 1250. The van der Waals surface area contributed by atoms with Gasteiger partial charge in [-0.1, -0.05) is 35.4 Å². The molecule has 182 valence electrons. The Labute approximate surface area is 215 Å². The normalized spacial score (nSPS) is 17.1. The molecule has 7 heteroatoms. The van der Waals surface area contributed by atoms with Crippen LogP contribution in [-0.4, -0.2) is 47.4 Å². The molecule has 0 radical (unpaired) electrons. The maximum Gasteiger partial charge on any atom is 0.254 e. The van der Waals surface area contributed by atoms with Crippen LogP contribution in [0.15, 0.2) is 53.9 Å². The van der Waals surface area contributed by atoms with Gasteiger partial charge in [0.2, 0.25) is 5.91 Å². The molecule has 2 aromatic carbocycles. The van der Waals surface area contributed by atoms with Gasteiger partial charge >= 0.3 is 0 Å². The van der Waals surface area contributed by atoms with Crippen LogP contribution in [0.2, 0.25) is 5.02 Å². The second-order valence-corrected chi connectivity index (χ2v) is 10.8. The molecule has 3 aromatic rings. The summed E-state index contributed by atoms with van der Waals surface area (Å²) in [6, 6.07) is 15.1. The minimum Gasteiger partial charge on any atom is -0.491 e. The molecule has 1 saturated carbocycles. The topological polar surface area (TPSA) is 49.9 Å². The van der Waals surface area contributed by atoms with E-state index in [9.17, 15) is 9.59 Å². The first kappa shape index (κ1) is 23.9. The summed E-state index contributed by atoms with van der Waals surface area (Å²) in [5.41, 5.74) is 3.94. The van der Waals surface area contributed by atoms with Crippen molar-refractivity contribution in [1.82, 2.24) is 9.80 Å². The summed E-state index contributed by atoms with van der Waals surface area (Å²) in [5, 5.41) is 2.60. The fourth-order valence-corrected chi connectivity index (χ4v) is 5.90. The van der Waals surface area contributed by atoms with Crippen LogP contribution in [0, 0.1) is 13.8 Å². The Morgan fingerprint density at radius 2 is 1.97 bits per heavy atom. The molecule has 5 nitrogen and oxygen atoms in total. The molecule has 2 heterocycles. The maximum absolute atomic E-state index is 13.7. The van der Waals surface area contributed by atoms with Gasteiger partial charge in [0.05, 0.1) is 6.04 Å². The van der Waals surface area contributed by atoms with Crippen molar-refractivity contribution in [2.75, 3.05) is 19.7 Å². The van der Waals surface area contributed by atoms with Crippen molar-refractivity contribution < 1.29 is 14.3 Å². The molecule has 1 aliphatic heterocycles. The molecular weight excluding hydrogens is 480 g/mol. The van der Waals surface area contributed by atoms with E-state index < -0.39 is 0 Å². The lowest BCUT2D eigenvalue weighted by Crippen LogP contribution is -2.48. The van der Waals surface area contributed by atoms with E-state index in [0.29, 0.717) is 23.7 Å². The third-order valence-electron chi connectivity index (χ3n) is 6.77. The number of nitrogens with zero attached hydrogens (tertiary/aromatic N) is 2. The third-order valence-corrected chi connectivity index (χ3v) is 8.00. The molecule has 0 saturated heterocycles. The maximum atomic E-state index is 13.7. The quantitative estimate of drug-likeness (QED) is 0.403. The Balaban J connectivity index is 1.35. The van der Waals surface area contributed by atoms with Gasteiger partial charge in [-0.2, -0.15) is 0 Å². The lowest BCUT2D eigenvalue weighted by Gasteiger charge is -2.37. The van der Waals surface area contributed by atoms with Crippen molar-refractivity contribution in [2.45, 2.75) is 45.2 Å². The van der Waals surface area contributed by atoms with Gasteiger partial charge in [0.25, 0.3) is 5.91 Å². The molecule has 0 spiro atoms. The highest BCUT2D eigenvalue weighted by molar-refractivity contribution is 7.10. The van der Waals surface area contributed by atoms with E-state index in [1.165, 1.54) is 10.4 Å². The molecule has 1 fully saturated rings. The number of fused-ring (bicyclic) bond motifs is 1. The average molecular weight is 509 g/mol. The molecule has 35 heavy (non-hydrogen) atoms. The molecular formula is C28H29ClN2O3S. The summed E-state index contributed by atoms with van der Waals surface area (Å²) >= 11 is 7.85. The largest absolute Gasteiger partial charge is 0.491 e. The number of thiophene rings is 1. The fourth-order valence-electron chi connectivity index (χ4n) is 4.78. The number of hydrogen-bond donors (Lipinski definition) is 0. The van der Waals surface area contributed by atoms with Gasteiger partial charge in [0.15, 0.2) is 0 Å². The Hall–Kier alpha value is -2.83. The second-order valence-electron chi connectivity index (χ2n) is 9.41. The van der Waals surface area contributed by atoms with Crippen LogP contribution in [0.25, 0.3) is 0 Å². The van der Waals surface area contributed by atoms with Gasteiger partial charge in [-0.3, -0.25) is 9.59 Å². The number of ether oxygens (including phenoxy) is 1. The number of rotatable bonds is 7. The van der Waals surface area contributed by atoms with Crippen LogP contribution in [0.5, 0.6) is 5.75 Å². The minimum atomic E-state index is -0.180. The number of benzene rings is 2. The lowest BCUT2D eigenvalue weighted by atomic mass is 10.00. The zero-order valence-electron chi connectivity index (χ0n) is 20.0. The first-order valence-corrected chi connectivity index (χ1v) is 13.3. The van der Waals surface area contributed by atoms with Crippen LogP contribution < -0.4 is 4.74 Å². The first-order valence-electron chi connectivity index (χ1n) is 12.0. The molecule has 1 aliphatic carbocycles. The summed E-state index contributed by atoms with van der Waals surface area (Å²) in [7, 11) is 0. The van der Waals surface area contributed by atoms with Crippen LogP contribution >= 0.6 is 22.9 Å². The molecule has 1 unspecified atom stereocenters. The predicted molar refractivity (Wildman–Crippen MR) is 139 cm³/mol. The summed E-state index contributed by atoms with van der Waals surface area (Å²) < 4.78 is 6.25. The number of amides is 2. The van der Waals surface area contributed by atoms with Crippen LogP contribution in [-0.2, 0) is 11.2 Å². The molecule has 0 N–H and O–H groups in total. The molecule has 5 rings (SSSR count). The Morgan fingerprint density at radius 3 is 2.71 bits per heavy atom. The van der Waals surface area contributed by atoms with Gasteiger partial charge in [0, 0.05) is 28.0 Å². The Morgan fingerprint density at radius 1 is 1.14 bits per heavy atom. The second kappa shape index (κ2) is 10.0. The van der Waals surface area contributed by atoms with Gasteiger partial charge < -0.3 is 14.5 Å². The zero-order chi connectivity index (χ0) is 24.5. The van der Waals surface area contributed by atoms with Crippen molar-refractivity contribution in [1.29, 1.82) is 0 Å². The SMILES string of the molecule is Cc1ccc(OCC2c3ccsc3CCN2C(=O)CN(C(=O)c2cccc(Cl)c2)C2CC2)c(C)c1. The van der Waals surface area contributed by atoms with Gasteiger partial charge in [-0.25, -0.2) is 0 Å². The summed E-state index contributed by atoms with van der Waals surface area (Å²) in [5.74, 6) is 0.652. The third kappa shape index (κ3) is 5.24. The zero-order valence-corrected chi connectivity index (χ0v) is 21.6. The monoisotopic (exact) mass is 508 g/mol. The van der Waals surface area contributed by atoms with Crippen LogP contribution in [0.3, 0.4) is 0 Å². The fraction of sp³-hybridized carbons (Fsp3) is 0.357. The van der Waals surface area contributed by atoms with E-state index in [-0.39, 0.29) is 30.4 Å². The van der Waals surface area contributed by atoms with Crippen LogP contribution in [0.4, 0.5) is 0 Å². The van der Waals surface area contributed by atoms with Crippen molar-refractivity contribution in [2.24, 2.45) is 0 Å². The number of carbonyl (C=O) groups is 2. The highest BCUT2D eigenvalue weighted by Gasteiger charge is 2.38. The van der Waals surface area contributed by atoms with Gasteiger partial charge in [-0.15, -0.1) is 11.3 Å². The molecule has 1 atom stereocenters. The molecule has 2 amide bonds. The average Bonchev–Trinajstić information content (AvgIpc) is 3.57. The van der Waals surface area contributed by atoms with Gasteiger partial charge in [0.1, 0.15) is 18.9 Å². The van der Waals surface area contributed by atoms with Crippen molar-refractivity contribution in [3.63, 3.8) is 0 Å². The molecule has 2 aliphatic rings. The number of carbonyl (C=O) groups excluding carboxylic acids is 2. The van der Waals surface area contributed by atoms with E-state index >= 15 is 0 Å². The van der Waals surface area contributed by atoms with Crippen molar-refractivity contribution >= 4 is 34.8 Å². The number of hydrogen-bond acceptors (Lipinski definition) is 4. The van der Waals surface area contributed by atoms with E-state index in [0.717, 1.165) is 36.1 Å². The van der Waals surface area contributed by atoms with Gasteiger partial charge in [-0.05, 0) is 79.9 Å².